The molecule has 4 atom stereocenters. The van der Waals surface area contributed by atoms with Crippen LogP contribution in [0.2, 0.25) is 10.0 Å². The number of likely N-dealkylation sites (N-methyl/N-ethyl adjacent to an activating group) is 2. The Balaban J connectivity index is 0.000000236. The highest BCUT2D eigenvalue weighted by Crippen LogP contribution is 2.34. The number of aryl methyl sites for hydroxylation is 4. The number of nitrogens with zero attached hydrogens (tertiary/aromatic N) is 8. The fraction of sp³-hybridized carbons (Fsp3) is 0.370. The normalized spacial score (nSPS) is 16.7. The number of rotatable bonds is 17. The van der Waals surface area contributed by atoms with E-state index in [2.05, 4.69) is 56.8 Å². The van der Waals surface area contributed by atoms with Crippen molar-refractivity contribution < 1.29 is 28.2 Å². The first-order valence-electron chi connectivity index (χ1n) is 24.9. The average Bonchev–Trinajstić information content (AvgIpc) is 4.19. The first-order valence-corrected chi connectivity index (χ1v) is 26.0. The van der Waals surface area contributed by atoms with Crippen molar-refractivity contribution in [3.05, 3.63) is 129 Å². The van der Waals surface area contributed by atoms with E-state index >= 15 is 0 Å². The van der Waals surface area contributed by atoms with Crippen molar-refractivity contribution in [3.8, 4) is 22.5 Å². The summed E-state index contributed by atoms with van der Waals surface area (Å²) in [4.78, 5) is 68.8. The minimum absolute atomic E-state index is 0. The van der Waals surface area contributed by atoms with E-state index in [0.717, 1.165) is 55.3 Å². The summed E-state index contributed by atoms with van der Waals surface area (Å²) < 4.78 is 10.4. The third-order valence-corrected chi connectivity index (χ3v) is 13.0. The van der Waals surface area contributed by atoms with Crippen LogP contribution in [0.4, 0.5) is 23.3 Å². The molecular formula is C54H66Cl4N14O6. The summed E-state index contributed by atoms with van der Waals surface area (Å²) in [5.74, 6) is 1.80. The SMILES string of the molecule is CN(C)C/C=C/C(=O)Nc1ccc(C(=O)Cl)cc1.Cc1noc(C)c1-c1nc(NC2CC[C@@H](N)C2)ncc1Cl.Cc1noc(C)c1-c1nc(N[C@H]2CC[C@@H](NC(=O)c3ccc(NC(=O)/C=C/CN(C)C)cc3)C2)ncc1Cl.Cl. The Bertz CT molecular complexity index is 3000. The molecule has 24 heteroatoms. The van der Waals surface area contributed by atoms with E-state index in [1.807, 2.05) is 65.7 Å². The highest BCUT2D eigenvalue weighted by molar-refractivity contribution is 6.67. The molecule has 7 N–H and O–H groups in total. The number of aromatic nitrogens is 6. The number of hydrogen-bond donors (Lipinski definition) is 6. The minimum Gasteiger partial charge on any atom is -0.361 e. The number of carbonyl (C=O) groups excluding carboxylic acids is 4. The van der Waals surface area contributed by atoms with Gasteiger partial charge in [-0.2, -0.15) is 0 Å². The molecule has 3 amide bonds. The number of amides is 3. The van der Waals surface area contributed by atoms with E-state index in [4.69, 9.17) is 49.6 Å². The number of halogens is 4. The van der Waals surface area contributed by atoms with Gasteiger partial charge in [0.05, 0.1) is 56.3 Å². The number of nitrogens with one attached hydrogen (secondary N) is 5. The summed E-state index contributed by atoms with van der Waals surface area (Å²) in [6.07, 6.45) is 15.1. The number of nitrogens with two attached hydrogens (primary N) is 1. The summed E-state index contributed by atoms with van der Waals surface area (Å²) in [7, 11) is 7.70. The van der Waals surface area contributed by atoms with E-state index in [0.29, 0.717) is 92.2 Å². The van der Waals surface area contributed by atoms with Crippen LogP contribution in [0.15, 0.2) is 94.3 Å². The summed E-state index contributed by atoms with van der Waals surface area (Å²) in [5.41, 5.74) is 12.4. The molecule has 8 rings (SSSR count). The zero-order chi connectivity index (χ0) is 55.8. The van der Waals surface area contributed by atoms with Crippen LogP contribution in [0.5, 0.6) is 0 Å². The van der Waals surface area contributed by atoms with Crippen LogP contribution in [0.3, 0.4) is 0 Å². The Morgan fingerprint density at radius 2 is 1.06 bits per heavy atom. The van der Waals surface area contributed by atoms with Crippen LogP contribution in [0.25, 0.3) is 22.5 Å². The first-order chi connectivity index (χ1) is 36.7. The van der Waals surface area contributed by atoms with Gasteiger partial charge in [0.1, 0.15) is 11.5 Å². The molecule has 6 aromatic rings. The smallest absolute Gasteiger partial charge is 0.252 e. The van der Waals surface area contributed by atoms with Crippen molar-refractivity contribution in [2.45, 2.75) is 90.4 Å². The summed E-state index contributed by atoms with van der Waals surface area (Å²) >= 11 is 17.9. The maximum Gasteiger partial charge on any atom is 0.252 e. The number of anilines is 4. The van der Waals surface area contributed by atoms with Gasteiger partial charge in [0.2, 0.25) is 23.7 Å². The van der Waals surface area contributed by atoms with E-state index < -0.39 is 5.24 Å². The number of benzene rings is 2. The first kappa shape index (κ1) is 62.1. The van der Waals surface area contributed by atoms with Gasteiger partial charge in [0, 0.05) is 71.9 Å². The van der Waals surface area contributed by atoms with Crippen molar-refractivity contribution in [3.63, 3.8) is 0 Å². The van der Waals surface area contributed by atoms with Crippen LogP contribution >= 0.6 is 47.2 Å². The molecule has 2 fully saturated rings. The zero-order valence-electron chi connectivity index (χ0n) is 44.7. The van der Waals surface area contributed by atoms with Crippen molar-refractivity contribution in [1.82, 2.24) is 45.4 Å². The minimum atomic E-state index is -0.515. The molecular weight excluding hydrogens is 1080 g/mol. The molecule has 0 saturated heterocycles. The van der Waals surface area contributed by atoms with Gasteiger partial charge in [0.25, 0.3) is 11.1 Å². The summed E-state index contributed by atoms with van der Waals surface area (Å²) in [5, 5.41) is 23.6. The number of hydrogen-bond acceptors (Lipinski definition) is 17. The van der Waals surface area contributed by atoms with Gasteiger partial charge in [0.15, 0.2) is 0 Å². The van der Waals surface area contributed by atoms with Crippen molar-refractivity contribution in [2.24, 2.45) is 5.73 Å². The number of carbonyl (C=O) groups is 4. The van der Waals surface area contributed by atoms with Crippen LogP contribution in [-0.2, 0) is 9.59 Å². The third kappa shape index (κ3) is 18.7. The monoisotopic (exact) mass is 1150 g/mol. The van der Waals surface area contributed by atoms with Crippen LogP contribution in [-0.4, -0.2) is 128 Å². The van der Waals surface area contributed by atoms with Crippen molar-refractivity contribution in [1.29, 1.82) is 0 Å². The van der Waals surface area contributed by atoms with Gasteiger partial charge < -0.3 is 51.2 Å². The molecule has 4 aromatic heterocycles. The van der Waals surface area contributed by atoms with Crippen LogP contribution in [0.1, 0.15) is 82.1 Å². The molecule has 0 radical (unpaired) electrons. The van der Waals surface area contributed by atoms with Crippen LogP contribution < -0.4 is 32.3 Å². The van der Waals surface area contributed by atoms with Gasteiger partial charge in [-0.25, -0.2) is 19.9 Å². The molecule has 2 saturated carbocycles. The lowest BCUT2D eigenvalue weighted by Crippen LogP contribution is -2.34. The molecule has 1 unspecified atom stereocenters. The predicted molar refractivity (Wildman–Crippen MR) is 309 cm³/mol. The standard InChI is InChI=1S/C27H32ClN7O3.C14H18ClN5O.C13H15ClN2O2.ClH/c1-16-24(17(2)38-34-16)25-22(28)15-29-27(33-25)32-21-12-11-20(14-21)31-26(37)18-7-9-19(10-8-18)30-23(36)6-5-13-35(3)4;1-7-12(8(2)21-20-7)13-11(15)6-17-14(19-13)18-10-4-3-9(16)5-10;1-16(2)9-3-4-12(17)15-11-7-5-10(6-8-11)13(14)18;/h5-10,15,20-21H,11-14H2,1-4H3,(H,30,36)(H,31,37)(H,29,32,33);6,9-10H,3-5,16H2,1-2H3,(H,17,18,19);3-8H,9H2,1-2H3,(H,15,17);1H/b6-5+;;4-3+;/t20-,21+;9-,10?;;/m11../s1. The quantitative estimate of drug-likeness (QED) is 0.0367. The second-order valence-electron chi connectivity index (χ2n) is 19.2. The largest absolute Gasteiger partial charge is 0.361 e. The Morgan fingerprint density at radius 1 is 0.641 bits per heavy atom. The van der Waals surface area contributed by atoms with Gasteiger partial charge >= 0.3 is 0 Å². The molecule has 0 aliphatic heterocycles. The summed E-state index contributed by atoms with van der Waals surface area (Å²) in [6, 6.07) is 14.0. The maximum absolute atomic E-state index is 12.8. The van der Waals surface area contributed by atoms with Gasteiger partial charge in [-0.3, -0.25) is 19.2 Å². The van der Waals surface area contributed by atoms with Gasteiger partial charge in [-0.05, 0) is 155 Å². The Labute approximate surface area is 475 Å². The lowest BCUT2D eigenvalue weighted by Gasteiger charge is -2.15. The second kappa shape index (κ2) is 29.8. The molecule has 2 aliphatic rings. The molecule has 4 heterocycles. The molecule has 0 bridgehead atoms. The van der Waals surface area contributed by atoms with Crippen LogP contribution in [0, 0.1) is 27.7 Å². The molecule has 2 aromatic carbocycles. The Kier molecular flexibility index (Phi) is 23.7. The van der Waals surface area contributed by atoms with Crippen molar-refractivity contribution >= 4 is 93.4 Å². The molecule has 2 aliphatic carbocycles. The second-order valence-corrected chi connectivity index (χ2v) is 20.3. The van der Waals surface area contributed by atoms with Gasteiger partial charge in [-0.1, -0.05) is 45.7 Å². The average molecular weight is 1150 g/mol. The topological polar surface area (TPSA) is 265 Å². The fourth-order valence-corrected chi connectivity index (χ4v) is 8.89. The van der Waals surface area contributed by atoms with Gasteiger partial charge in [-0.15, -0.1) is 12.4 Å². The Hall–Kier alpha value is -6.78. The molecule has 416 valence electrons. The lowest BCUT2D eigenvalue weighted by atomic mass is 10.1. The molecule has 20 nitrogen and oxygen atoms in total. The lowest BCUT2D eigenvalue weighted by molar-refractivity contribution is -0.112. The zero-order valence-corrected chi connectivity index (χ0v) is 47.8. The highest BCUT2D eigenvalue weighted by atomic mass is 35.5. The van der Waals surface area contributed by atoms with E-state index in [-0.39, 0.29) is 48.3 Å². The predicted octanol–water partition coefficient (Wildman–Crippen LogP) is 9.46. The fourth-order valence-electron chi connectivity index (χ4n) is 8.39. The van der Waals surface area contributed by atoms with Crippen molar-refractivity contribution in [2.75, 3.05) is 62.5 Å². The third-order valence-electron chi connectivity index (χ3n) is 12.2. The molecule has 0 spiro atoms. The maximum atomic E-state index is 12.8. The Morgan fingerprint density at radius 3 is 1.46 bits per heavy atom. The van der Waals surface area contributed by atoms with E-state index in [9.17, 15) is 19.2 Å². The van der Waals surface area contributed by atoms with E-state index in [1.54, 1.807) is 73.1 Å². The summed E-state index contributed by atoms with van der Waals surface area (Å²) in [6.45, 7) is 8.76. The van der Waals surface area contributed by atoms with E-state index in [1.165, 1.54) is 12.2 Å². The molecule has 78 heavy (non-hydrogen) atoms. The highest BCUT2D eigenvalue weighted by Gasteiger charge is 2.28.